The molecule has 1 aliphatic heterocycles. The van der Waals surface area contributed by atoms with Crippen molar-refractivity contribution in [1.82, 2.24) is 0 Å². The molecular formula is C7H13ClTe. The first kappa shape index (κ1) is 7.92. The van der Waals surface area contributed by atoms with E-state index in [0.29, 0.717) is 0 Å². The van der Waals surface area contributed by atoms with Crippen molar-refractivity contribution in [2.45, 2.75) is 26.2 Å². The van der Waals surface area contributed by atoms with Crippen molar-refractivity contribution >= 4 is 26.0 Å². The molecule has 0 atom stereocenters. The Morgan fingerprint density at radius 2 is 2.00 bits per heavy atom. The molecule has 1 aliphatic rings. The molecule has 0 radical (unpaired) electrons. The molecule has 0 unspecified atom stereocenters. The molecule has 9 heavy (non-hydrogen) atoms. The standard InChI is InChI=1S/C7H13ClTe/c1-2-5-9(8)6-3-4-7-9/h2H,1,3-7H2. The van der Waals surface area contributed by atoms with Gasteiger partial charge in [-0.05, 0) is 0 Å². The fourth-order valence-corrected chi connectivity index (χ4v) is 10.1. The van der Waals surface area contributed by atoms with Crippen LogP contribution in [0.4, 0.5) is 0 Å². The van der Waals surface area contributed by atoms with Crippen LogP contribution in [0.3, 0.4) is 0 Å². The van der Waals surface area contributed by atoms with E-state index in [1.807, 2.05) is 6.08 Å². The summed E-state index contributed by atoms with van der Waals surface area (Å²) in [6, 6.07) is 0. The fourth-order valence-electron chi connectivity index (χ4n) is 1.20. The van der Waals surface area contributed by atoms with Gasteiger partial charge >= 0.3 is 64.9 Å². The Labute approximate surface area is 64.8 Å². The predicted molar refractivity (Wildman–Crippen MR) is 45.5 cm³/mol. The molecule has 1 fully saturated rings. The molecule has 0 aliphatic carbocycles. The normalized spacial score (nSPS) is 27.7. The van der Waals surface area contributed by atoms with Crippen LogP contribution in [0, 0.1) is 0 Å². The van der Waals surface area contributed by atoms with Gasteiger partial charge in [0.15, 0.2) is 0 Å². The van der Waals surface area contributed by atoms with Gasteiger partial charge in [-0.15, -0.1) is 0 Å². The van der Waals surface area contributed by atoms with Crippen LogP contribution in [-0.2, 0) is 0 Å². The molecule has 0 aromatic rings. The Balaban J connectivity index is 2.40. The van der Waals surface area contributed by atoms with Crippen LogP contribution in [0.1, 0.15) is 12.8 Å². The van der Waals surface area contributed by atoms with E-state index in [2.05, 4.69) is 6.58 Å². The first-order valence-electron chi connectivity index (χ1n) is 3.34. The van der Waals surface area contributed by atoms with Crippen LogP contribution < -0.4 is 0 Å². The van der Waals surface area contributed by atoms with Crippen molar-refractivity contribution in [2.75, 3.05) is 0 Å². The third-order valence-electron chi connectivity index (χ3n) is 1.69. The first-order chi connectivity index (χ1) is 4.27. The summed E-state index contributed by atoms with van der Waals surface area (Å²) < 4.78 is 3.91. The average molecular weight is 260 g/mol. The molecule has 0 bridgehead atoms. The third kappa shape index (κ3) is 2.15. The number of halogens is 1. The van der Waals surface area contributed by atoms with Gasteiger partial charge in [0.05, 0.1) is 0 Å². The Hall–Kier alpha value is 0.820. The Morgan fingerprint density at radius 1 is 1.44 bits per heavy atom. The topological polar surface area (TPSA) is 0 Å². The Kier molecular flexibility index (Phi) is 2.89. The minimum absolute atomic E-state index is 1.17. The molecule has 0 saturated carbocycles. The van der Waals surface area contributed by atoms with Crippen molar-refractivity contribution in [3.63, 3.8) is 0 Å². The Bertz CT molecular complexity index is 105. The van der Waals surface area contributed by atoms with E-state index in [1.165, 1.54) is 26.2 Å². The van der Waals surface area contributed by atoms with Crippen LogP contribution in [-0.4, -0.2) is 17.1 Å². The number of rotatable bonds is 2. The molecule has 0 amide bonds. The molecule has 0 aromatic carbocycles. The predicted octanol–water partition coefficient (Wildman–Crippen LogP) is 3.15. The van der Waals surface area contributed by atoms with E-state index in [1.54, 1.807) is 0 Å². The summed E-state index contributed by atoms with van der Waals surface area (Å²) in [6.45, 7) is 3.73. The molecule has 0 spiro atoms. The maximum atomic E-state index is 6.39. The van der Waals surface area contributed by atoms with Crippen LogP contribution in [0.15, 0.2) is 12.7 Å². The Morgan fingerprint density at radius 3 is 2.44 bits per heavy atom. The van der Waals surface area contributed by atoms with Crippen LogP contribution >= 0.6 is 8.96 Å². The van der Waals surface area contributed by atoms with E-state index in [-0.39, 0.29) is 0 Å². The maximum absolute atomic E-state index is 6.39. The summed E-state index contributed by atoms with van der Waals surface area (Å²) in [5.41, 5.74) is 0. The fraction of sp³-hybridized carbons (Fsp3) is 0.714. The van der Waals surface area contributed by atoms with Gasteiger partial charge in [-0.2, -0.15) is 0 Å². The first-order valence-corrected chi connectivity index (χ1v) is 11.2. The van der Waals surface area contributed by atoms with Gasteiger partial charge < -0.3 is 0 Å². The van der Waals surface area contributed by atoms with E-state index >= 15 is 0 Å². The summed E-state index contributed by atoms with van der Waals surface area (Å²) in [5.74, 6) is 0. The number of hydrogen-bond donors (Lipinski definition) is 0. The van der Waals surface area contributed by atoms with Crippen molar-refractivity contribution in [3.05, 3.63) is 12.7 Å². The molecule has 0 aromatic heterocycles. The van der Waals surface area contributed by atoms with E-state index < -0.39 is 17.1 Å². The quantitative estimate of drug-likeness (QED) is 0.528. The summed E-state index contributed by atoms with van der Waals surface area (Å²) in [5, 5.41) is 0. The molecule has 1 heterocycles. The van der Waals surface area contributed by atoms with Crippen LogP contribution in [0.5, 0.6) is 0 Å². The van der Waals surface area contributed by atoms with Crippen molar-refractivity contribution in [1.29, 1.82) is 0 Å². The van der Waals surface area contributed by atoms with E-state index in [4.69, 9.17) is 8.96 Å². The monoisotopic (exact) mass is 262 g/mol. The van der Waals surface area contributed by atoms with Gasteiger partial charge in [0.1, 0.15) is 0 Å². The number of allylic oxidation sites excluding steroid dienone is 1. The van der Waals surface area contributed by atoms with Gasteiger partial charge in [-0.25, -0.2) is 0 Å². The zero-order chi connectivity index (χ0) is 6.74. The summed E-state index contributed by atoms with van der Waals surface area (Å²) in [7, 11) is 6.39. The SMILES string of the molecule is C=CC[Te]1(Cl)CCCC1. The second-order valence-corrected chi connectivity index (χ2v) is 15.5. The third-order valence-corrected chi connectivity index (χ3v) is 12.8. The zero-order valence-electron chi connectivity index (χ0n) is 5.61. The van der Waals surface area contributed by atoms with Crippen LogP contribution in [0.2, 0.25) is 13.4 Å². The molecule has 1 saturated heterocycles. The molecule has 0 nitrogen and oxygen atoms in total. The molecule has 0 N–H and O–H groups in total. The van der Waals surface area contributed by atoms with Crippen molar-refractivity contribution < 1.29 is 0 Å². The van der Waals surface area contributed by atoms with Crippen molar-refractivity contribution in [3.8, 4) is 0 Å². The van der Waals surface area contributed by atoms with Gasteiger partial charge in [0.25, 0.3) is 0 Å². The van der Waals surface area contributed by atoms with Gasteiger partial charge in [-0.3, -0.25) is 0 Å². The summed E-state index contributed by atoms with van der Waals surface area (Å²) in [4.78, 5) is 0. The van der Waals surface area contributed by atoms with Crippen molar-refractivity contribution in [2.24, 2.45) is 0 Å². The zero-order valence-corrected chi connectivity index (χ0v) is 8.69. The van der Waals surface area contributed by atoms with Gasteiger partial charge in [0, 0.05) is 0 Å². The number of hydrogen-bond acceptors (Lipinski definition) is 0. The molecule has 1 rings (SSSR count). The van der Waals surface area contributed by atoms with Gasteiger partial charge in [-0.1, -0.05) is 0 Å². The minimum atomic E-state index is -1.72. The van der Waals surface area contributed by atoms with E-state index in [0.717, 1.165) is 0 Å². The summed E-state index contributed by atoms with van der Waals surface area (Å²) >= 11 is -1.72. The molecule has 54 valence electrons. The second-order valence-electron chi connectivity index (χ2n) is 2.51. The second kappa shape index (κ2) is 3.28. The van der Waals surface area contributed by atoms with E-state index in [9.17, 15) is 0 Å². The summed E-state index contributed by atoms with van der Waals surface area (Å²) in [6.07, 6.45) is 4.79. The molecular weight excluding hydrogens is 247 g/mol. The average Bonchev–Trinajstić information content (AvgIpc) is 2.16. The van der Waals surface area contributed by atoms with Gasteiger partial charge in [0.2, 0.25) is 0 Å². The van der Waals surface area contributed by atoms with Crippen LogP contribution in [0.25, 0.3) is 0 Å². The molecule has 2 heteroatoms.